The fraction of sp³-hybridized carbons (Fsp3) is 0.667. The molecule has 7 heteroatoms. The summed E-state index contributed by atoms with van der Waals surface area (Å²) in [6.07, 6.45) is 2.54. The molecular weight excluding hydrogens is 376 g/mol. The number of allylic oxidation sites excluding steroid dienone is 1. The number of methoxy groups -OCH3 is 2. The smallest absolute Gasteiger partial charge is 0.341 e. The van der Waals surface area contributed by atoms with E-state index in [9.17, 15) is 14.4 Å². The van der Waals surface area contributed by atoms with Crippen LogP contribution in [0.25, 0.3) is 0 Å². The zero-order valence-corrected chi connectivity index (χ0v) is 19.4. The van der Waals surface area contributed by atoms with Gasteiger partial charge in [0, 0.05) is 12.5 Å². The Labute approximate surface area is 169 Å². The Kier molecular flexibility index (Phi) is 8.82. The second kappa shape index (κ2) is 10.2. The van der Waals surface area contributed by atoms with E-state index >= 15 is 0 Å². The van der Waals surface area contributed by atoms with Crippen molar-refractivity contribution in [2.24, 2.45) is 11.8 Å². The molecule has 0 amide bonds. The largest absolute Gasteiger partial charge is 0.466 e. The van der Waals surface area contributed by atoms with Crippen molar-refractivity contribution in [3.05, 3.63) is 22.8 Å². The van der Waals surface area contributed by atoms with Gasteiger partial charge in [-0.05, 0) is 56.8 Å². The SMILES string of the molecule is COC(=O)/C=C(/C)[C@H](C[C@@H](O[Si](C)(C)C)C1=C(C(=O)OC)C(=O)CC1)C(C)C. The lowest BCUT2D eigenvalue weighted by atomic mass is 9.82. The molecule has 1 aliphatic rings. The Morgan fingerprint density at radius 1 is 1.11 bits per heavy atom. The fourth-order valence-corrected chi connectivity index (χ4v) is 4.69. The summed E-state index contributed by atoms with van der Waals surface area (Å²) in [4.78, 5) is 36.2. The molecule has 0 radical (unpaired) electrons. The molecule has 0 spiro atoms. The standard InChI is InChI=1S/C21H34O6Si/c1-13(2)16(14(3)11-19(23)25-4)12-18(27-28(6,7)8)15-9-10-17(22)20(15)21(24)26-5/h11,13,16,18H,9-10,12H2,1-8H3/b14-11-/t16-,18-/m1/s1. The molecule has 0 unspecified atom stereocenters. The number of ketones is 1. The zero-order valence-electron chi connectivity index (χ0n) is 18.4. The van der Waals surface area contributed by atoms with Crippen LogP contribution >= 0.6 is 0 Å². The molecule has 0 N–H and O–H groups in total. The Morgan fingerprint density at radius 3 is 2.18 bits per heavy atom. The molecule has 1 aliphatic carbocycles. The number of ether oxygens (including phenoxy) is 2. The van der Waals surface area contributed by atoms with E-state index in [1.54, 1.807) is 0 Å². The van der Waals surface area contributed by atoms with Crippen molar-refractivity contribution in [1.82, 2.24) is 0 Å². The van der Waals surface area contributed by atoms with Gasteiger partial charge in [0.15, 0.2) is 14.1 Å². The molecule has 28 heavy (non-hydrogen) atoms. The van der Waals surface area contributed by atoms with E-state index in [1.165, 1.54) is 20.3 Å². The summed E-state index contributed by atoms with van der Waals surface area (Å²) in [6.45, 7) is 12.3. The van der Waals surface area contributed by atoms with Crippen LogP contribution in [0.5, 0.6) is 0 Å². The van der Waals surface area contributed by atoms with Crippen LogP contribution in [0, 0.1) is 11.8 Å². The third-order valence-electron chi connectivity index (χ3n) is 4.90. The van der Waals surface area contributed by atoms with Crippen molar-refractivity contribution < 1.29 is 28.3 Å². The fourth-order valence-electron chi connectivity index (χ4n) is 3.60. The average Bonchev–Trinajstić information content (AvgIpc) is 2.97. The van der Waals surface area contributed by atoms with Gasteiger partial charge in [-0.3, -0.25) is 4.79 Å². The normalized spacial score (nSPS) is 17.8. The van der Waals surface area contributed by atoms with Crippen molar-refractivity contribution >= 4 is 26.0 Å². The maximum Gasteiger partial charge on any atom is 0.341 e. The van der Waals surface area contributed by atoms with Crippen LogP contribution in [-0.2, 0) is 28.3 Å². The highest BCUT2D eigenvalue weighted by atomic mass is 28.4. The number of hydrogen-bond acceptors (Lipinski definition) is 6. The van der Waals surface area contributed by atoms with Crippen LogP contribution in [0.4, 0.5) is 0 Å². The van der Waals surface area contributed by atoms with Gasteiger partial charge >= 0.3 is 11.9 Å². The Hall–Kier alpha value is -1.73. The molecular formula is C21H34O6Si. The lowest BCUT2D eigenvalue weighted by Gasteiger charge is -2.33. The highest BCUT2D eigenvalue weighted by Gasteiger charge is 2.37. The van der Waals surface area contributed by atoms with Gasteiger partial charge in [-0.2, -0.15) is 0 Å². The first kappa shape index (κ1) is 24.3. The van der Waals surface area contributed by atoms with Gasteiger partial charge in [0.1, 0.15) is 5.57 Å². The lowest BCUT2D eigenvalue weighted by Crippen LogP contribution is -2.35. The van der Waals surface area contributed by atoms with Crippen LogP contribution in [0.1, 0.15) is 40.0 Å². The van der Waals surface area contributed by atoms with Crippen LogP contribution < -0.4 is 0 Å². The first-order chi connectivity index (χ1) is 12.9. The highest BCUT2D eigenvalue weighted by molar-refractivity contribution is 6.69. The molecule has 6 nitrogen and oxygen atoms in total. The van der Waals surface area contributed by atoms with Gasteiger partial charge in [0.25, 0.3) is 0 Å². The molecule has 0 heterocycles. The molecule has 158 valence electrons. The minimum atomic E-state index is -1.97. The molecule has 2 atom stereocenters. The molecule has 1 rings (SSSR count). The molecule has 0 saturated heterocycles. The Morgan fingerprint density at radius 2 is 1.71 bits per heavy atom. The Bertz CT molecular complexity index is 669. The summed E-state index contributed by atoms with van der Waals surface area (Å²) >= 11 is 0. The van der Waals surface area contributed by atoms with E-state index in [2.05, 4.69) is 33.5 Å². The number of rotatable bonds is 9. The minimum absolute atomic E-state index is 0.0440. The maximum absolute atomic E-state index is 12.3. The van der Waals surface area contributed by atoms with Gasteiger partial charge in [-0.15, -0.1) is 0 Å². The molecule has 0 aromatic rings. The predicted molar refractivity (Wildman–Crippen MR) is 110 cm³/mol. The highest BCUT2D eigenvalue weighted by Crippen LogP contribution is 2.36. The summed E-state index contributed by atoms with van der Waals surface area (Å²) in [5, 5.41) is 0. The van der Waals surface area contributed by atoms with E-state index in [-0.39, 0.29) is 29.3 Å². The van der Waals surface area contributed by atoms with Crippen molar-refractivity contribution in [1.29, 1.82) is 0 Å². The van der Waals surface area contributed by atoms with E-state index in [1.807, 2.05) is 6.92 Å². The van der Waals surface area contributed by atoms with Gasteiger partial charge in [-0.1, -0.05) is 19.4 Å². The van der Waals surface area contributed by atoms with Crippen molar-refractivity contribution in [2.45, 2.75) is 65.8 Å². The third kappa shape index (κ3) is 6.70. The summed E-state index contributed by atoms with van der Waals surface area (Å²) in [7, 11) is 0.669. The summed E-state index contributed by atoms with van der Waals surface area (Å²) in [6, 6.07) is 0. The van der Waals surface area contributed by atoms with Crippen molar-refractivity contribution in [2.75, 3.05) is 14.2 Å². The van der Waals surface area contributed by atoms with Crippen LogP contribution in [-0.4, -0.2) is 46.4 Å². The van der Waals surface area contributed by atoms with Crippen molar-refractivity contribution in [3.8, 4) is 0 Å². The second-order valence-electron chi connectivity index (χ2n) is 8.53. The molecule has 0 bridgehead atoms. The van der Waals surface area contributed by atoms with Crippen molar-refractivity contribution in [3.63, 3.8) is 0 Å². The number of carbonyl (C=O) groups excluding carboxylic acids is 3. The van der Waals surface area contributed by atoms with Crippen LogP contribution in [0.15, 0.2) is 22.8 Å². The first-order valence-corrected chi connectivity index (χ1v) is 13.1. The molecule has 0 aromatic heterocycles. The van der Waals surface area contributed by atoms with Crippen LogP contribution in [0.3, 0.4) is 0 Å². The Balaban J connectivity index is 3.35. The van der Waals surface area contributed by atoms with Gasteiger partial charge < -0.3 is 13.9 Å². The molecule has 0 fully saturated rings. The molecule has 0 aliphatic heterocycles. The second-order valence-corrected chi connectivity index (χ2v) is 13.0. The molecule has 0 aromatic carbocycles. The number of carbonyl (C=O) groups is 3. The quantitative estimate of drug-likeness (QED) is 0.249. The van der Waals surface area contributed by atoms with E-state index < -0.39 is 20.3 Å². The number of Topliss-reactive ketones (excluding diaryl/α,β-unsaturated/α-hetero) is 1. The lowest BCUT2D eigenvalue weighted by molar-refractivity contribution is -0.138. The predicted octanol–water partition coefficient (Wildman–Crippen LogP) is 3.82. The summed E-state index contributed by atoms with van der Waals surface area (Å²) in [5.41, 5.74) is 1.77. The summed E-state index contributed by atoms with van der Waals surface area (Å²) in [5.74, 6) is -0.884. The average molecular weight is 411 g/mol. The monoisotopic (exact) mass is 410 g/mol. The van der Waals surface area contributed by atoms with E-state index in [0.717, 1.165) is 11.1 Å². The van der Waals surface area contributed by atoms with Gasteiger partial charge in [0.2, 0.25) is 0 Å². The number of esters is 2. The third-order valence-corrected chi connectivity index (χ3v) is 5.89. The topological polar surface area (TPSA) is 78.9 Å². The maximum atomic E-state index is 12.3. The summed E-state index contributed by atoms with van der Waals surface area (Å²) < 4.78 is 16.0. The first-order valence-electron chi connectivity index (χ1n) is 9.69. The number of hydrogen-bond donors (Lipinski definition) is 0. The molecule has 0 saturated carbocycles. The van der Waals surface area contributed by atoms with E-state index in [0.29, 0.717) is 19.3 Å². The minimum Gasteiger partial charge on any atom is -0.466 e. The van der Waals surface area contributed by atoms with Crippen LogP contribution in [0.2, 0.25) is 19.6 Å². The van der Waals surface area contributed by atoms with Gasteiger partial charge in [-0.25, -0.2) is 9.59 Å². The van der Waals surface area contributed by atoms with Gasteiger partial charge in [0.05, 0.1) is 20.3 Å². The van der Waals surface area contributed by atoms with E-state index in [4.69, 9.17) is 13.9 Å². The zero-order chi connectivity index (χ0) is 21.6.